The normalized spacial score (nSPS) is 19.0. The number of nitrogens with zero attached hydrogens (tertiary/aromatic N) is 4. The van der Waals surface area contributed by atoms with Crippen LogP contribution in [0.2, 0.25) is 0 Å². The number of H-pyrrole nitrogens is 1. The summed E-state index contributed by atoms with van der Waals surface area (Å²) in [6.45, 7) is 3.56. The molecule has 0 unspecified atom stereocenters. The summed E-state index contributed by atoms with van der Waals surface area (Å²) in [4.78, 5) is 37.4. The lowest BCUT2D eigenvalue weighted by molar-refractivity contribution is 0.0554. The summed E-state index contributed by atoms with van der Waals surface area (Å²) in [7, 11) is 0. The van der Waals surface area contributed by atoms with E-state index in [1.54, 1.807) is 6.20 Å². The zero-order chi connectivity index (χ0) is 22.1. The van der Waals surface area contributed by atoms with Crippen molar-refractivity contribution < 1.29 is 4.79 Å². The maximum absolute atomic E-state index is 13.0. The number of amides is 1. The number of thioether (sulfide) groups is 1. The largest absolute Gasteiger partial charge is 0.338 e. The second-order valence-electron chi connectivity index (χ2n) is 8.67. The minimum Gasteiger partial charge on any atom is -0.338 e. The second-order valence-corrected chi connectivity index (χ2v) is 9.46. The van der Waals surface area contributed by atoms with Gasteiger partial charge in [-0.25, -0.2) is 9.78 Å². The van der Waals surface area contributed by atoms with Crippen LogP contribution in [0.25, 0.3) is 11.0 Å². The molecule has 0 bridgehead atoms. The number of benzene rings is 1. The Hall–Kier alpha value is -2.58. The zero-order valence-corrected chi connectivity index (χ0v) is 19.2. The molecule has 0 aliphatic carbocycles. The lowest BCUT2D eigenvalue weighted by Crippen LogP contribution is -2.49. The fourth-order valence-corrected chi connectivity index (χ4v) is 5.81. The van der Waals surface area contributed by atoms with Crippen LogP contribution >= 0.6 is 11.8 Å². The van der Waals surface area contributed by atoms with Crippen molar-refractivity contribution in [1.29, 1.82) is 0 Å². The summed E-state index contributed by atoms with van der Waals surface area (Å²) in [5.74, 6) is 0.0957. The highest BCUT2D eigenvalue weighted by Crippen LogP contribution is 2.29. The third kappa shape index (κ3) is 3.97. The van der Waals surface area contributed by atoms with Crippen LogP contribution in [0.3, 0.4) is 0 Å². The fraction of sp³-hybridized carbons (Fsp3) is 0.458. The molecule has 1 amide bonds. The minimum absolute atomic E-state index is 0.00326. The number of rotatable bonds is 4. The van der Waals surface area contributed by atoms with E-state index in [1.807, 2.05) is 52.1 Å². The Kier molecular flexibility index (Phi) is 6.06. The zero-order valence-electron chi connectivity index (χ0n) is 18.4. The van der Waals surface area contributed by atoms with Gasteiger partial charge in [0.1, 0.15) is 5.03 Å². The molecular formula is C24H29N5O2S. The lowest BCUT2D eigenvalue weighted by atomic mass is 9.97. The second kappa shape index (κ2) is 9.11. The smallest absolute Gasteiger partial charge is 0.326 e. The van der Waals surface area contributed by atoms with Gasteiger partial charge >= 0.3 is 5.69 Å². The maximum atomic E-state index is 13.0. The standard InChI is InChI=1S/C24H29N5O2S/c1-32-22-19(5-4-12-25-22)23(30)28-15-8-17(9-16-28)27-13-10-18(11-14-27)29-21-7-3-2-6-20(21)26-24(29)31/h2-7,12,17-18H,8-11,13-16H2,1H3,(H,26,31). The Bertz CT molecular complexity index is 1160. The Labute approximate surface area is 191 Å². The number of aromatic nitrogens is 3. The predicted molar refractivity (Wildman–Crippen MR) is 127 cm³/mol. The molecular weight excluding hydrogens is 422 g/mol. The number of fused-ring (bicyclic) bond motifs is 1. The van der Waals surface area contributed by atoms with Gasteiger partial charge in [-0.05, 0) is 56.2 Å². The van der Waals surface area contributed by atoms with Crippen LogP contribution < -0.4 is 5.69 Å². The molecule has 2 aliphatic heterocycles. The quantitative estimate of drug-likeness (QED) is 0.616. The first kappa shape index (κ1) is 21.3. The van der Waals surface area contributed by atoms with Gasteiger partial charge in [0.05, 0.1) is 16.6 Å². The van der Waals surface area contributed by atoms with E-state index in [9.17, 15) is 9.59 Å². The minimum atomic E-state index is -0.00326. The summed E-state index contributed by atoms with van der Waals surface area (Å²) in [6.07, 6.45) is 7.65. The third-order valence-corrected chi connectivity index (χ3v) is 7.66. The van der Waals surface area contributed by atoms with Crippen molar-refractivity contribution in [3.8, 4) is 0 Å². The summed E-state index contributed by atoms with van der Waals surface area (Å²) in [5.41, 5.74) is 2.62. The maximum Gasteiger partial charge on any atom is 0.326 e. The van der Waals surface area contributed by atoms with Crippen LogP contribution in [0.15, 0.2) is 52.4 Å². The van der Waals surface area contributed by atoms with E-state index in [0.717, 1.165) is 67.9 Å². The first-order chi connectivity index (χ1) is 15.7. The molecule has 2 saturated heterocycles. The monoisotopic (exact) mass is 451 g/mol. The van der Waals surface area contributed by atoms with Gasteiger partial charge in [-0.2, -0.15) is 0 Å². The number of imidazole rings is 1. The highest BCUT2D eigenvalue weighted by atomic mass is 32.2. The number of carbonyl (C=O) groups is 1. The molecule has 0 spiro atoms. The molecule has 8 heteroatoms. The van der Waals surface area contributed by atoms with Crippen LogP contribution in [-0.2, 0) is 0 Å². The predicted octanol–water partition coefficient (Wildman–Crippen LogP) is 3.39. The van der Waals surface area contributed by atoms with Crippen molar-refractivity contribution in [2.24, 2.45) is 0 Å². The van der Waals surface area contributed by atoms with E-state index in [0.29, 0.717) is 11.6 Å². The summed E-state index contributed by atoms with van der Waals surface area (Å²) in [5, 5.41) is 0.800. The van der Waals surface area contributed by atoms with E-state index in [2.05, 4.69) is 14.9 Å². The molecule has 2 fully saturated rings. The summed E-state index contributed by atoms with van der Waals surface area (Å²) in [6, 6.07) is 12.4. The molecule has 0 radical (unpaired) electrons. The molecule has 7 nitrogen and oxygen atoms in total. The molecule has 2 aliphatic rings. The van der Waals surface area contributed by atoms with Crippen molar-refractivity contribution >= 4 is 28.7 Å². The Morgan fingerprint density at radius 3 is 2.47 bits per heavy atom. The van der Waals surface area contributed by atoms with Gasteiger partial charge in [-0.1, -0.05) is 12.1 Å². The number of piperidine rings is 2. The van der Waals surface area contributed by atoms with Crippen LogP contribution in [0, 0.1) is 0 Å². The number of likely N-dealkylation sites (tertiary alicyclic amines) is 2. The summed E-state index contributed by atoms with van der Waals surface area (Å²) >= 11 is 1.52. The van der Waals surface area contributed by atoms with Crippen molar-refractivity contribution in [3.63, 3.8) is 0 Å². The SMILES string of the molecule is CSc1ncccc1C(=O)N1CCC(N2CCC(n3c(=O)[nH]c4ccccc43)CC2)CC1. The number of pyridine rings is 1. The lowest BCUT2D eigenvalue weighted by Gasteiger charge is -2.42. The topological polar surface area (TPSA) is 74.2 Å². The average Bonchev–Trinajstić information content (AvgIpc) is 3.19. The van der Waals surface area contributed by atoms with Crippen molar-refractivity contribution in [3.05, 3.63) is 58.6 Å². The van der Waals surface area contributed by atoms with Gasteiger partial charge in [0, 0.05) is 44.5 Å². The molecule has 4 heterocycles. The number of nitrogens with one attached hydrogen (secondary N) is 1. The molecule has 1 N–H and O–H groups in total. The van der Waals surface area contributed by atoms with E-state index >= 15 is 0 Å². The van der Waals surface area contributed by atoms with Gasteiger partial charge < -0.3 is 14.8 Å². The van der Waals surface area contributed by atoms with Crippen molar-refractivity contribution in [2.75, 3.05) is 32.4 Å². The molecule has 168 valence electrons. The number of para-hydroxylation sites is 2. The van der Waals surface area contributed by atoms with Crippen molar-refractivity contribution in [1.82, 2.24) is 24.3 Å². The Balaban J connectivity index is 1.19. The number of aromatic amines is 1. The van der Waals surface area contributed by atoms with Crippen LogP contribution in [-0.4, -0.2) is 68.7 Å². The summed E-state index contributed by atoms with van der Waals surface area (Å²) < 4.78 is 1.95. The van der Waals surface area contributed by atoms with Crippen molar-refractivity contribution in [2.45, 2.75) is 42.8 Å². The molecule has 32 heavy (non-hydrogen) atoms. The number of hydrogen-bond donors (Lipinski definition) is 1. The Morgan fingerprint density at radius 1 is 1.00 bits per heavy atom. The molecule has 0 atom stereocenters. The van der Waals surface area contributed by atoms with Crippen LogP contribution in [0.5, 0.6) is 0 Å². The third-order valence-electron chi connectivity index (χ3n) is 6.95. The van der Waals surface area contributed by atoms with E-state index in [-0.39, 0.29) is 17.6 Å². The van der Waals surface area contributed by atoms with Gasteiger partial charge in [-0.3, -0.25) is 9.36 Å². The first-order valence-electron chi connectivity index (χ1n) is 11.4. The Morgan fingerprint density at radius 2 is 1.72 bits per heavy atom. The van der Waals surface area contributed by atoms with Crippen LogP contribution in [0.1, 0.15) is 42.1 Å². The molecule has 1 aromatic carbocycles. The van der Waals surface area contributed by atoms with Crippen LogP contribution in [0.4, 0.5) is 0 Å². The number of hydrogen-bond acceptors (Lipinski definition) is 5. The highest BCUT2D eigenvalue weighted by Gasteiger charge is 2.31. The van der Waals surface area contributed by atoms with Gasteiger partial charge in [0.25, 0.3) is 5.91 Å². The first-order valence-corrected chi connectivity index (χ1v) is 12.6. The van der Waals surface area contributed by atoms with E-state index in [4.69, 9.17) is 0 Å². The van der Waals surface area contributed by atoms with E-state index in [1.165, 1.54) is 11.8 Å². The molecule has 2 aromatic heterocycles. The molecule has 0 saturated carbocycles. The van der Waals surface area contributed by atoms with E-state index < -0.39 is 0 Å². The van der Waals surface area contributed by atoms with Gasteiger partial charge in [-0.15, -0.1) is 11.8 Å². The fourth-order valence-electron chi connectivity index (χ4n) is 5.27. The van der Waals surface area contributed by atoms with Gasteiger partial charge in [0.2, 0.25) is 0 Å². The molecule has 5 rings (SSSR count). The number of carbonyl (C=O) groups excluding carboxylic acids is 1. The van der Waals surface area contributed by atoms with Gasteiger partial charge in [0.15, 0.2) is 0 Å². The highest BCUT2D eigenvalue weighted by molar-refractivity contribution is 7.98. The molecule has 3 aromatic rings. The average molecular weight is 452 g/mol.